The van der Waals surface area contributed by atoms with Crippen LogP contribution in [-0.2, 0) is 6.42 Å². The minimum absolute atomic E-state index is 0.228. The monoisotopic (exact) mass is 282 g/mol. The molecule has 0 radical (unpaired) electrons. The fourth-order valence-electron chi connectivity index (χ4n) is 1.85. The van der Waals surface area contributed by atoms with Crippen LogP contribution in [0.3, 0.4) is 0 Å². The Labute approximate surface area is 124 Å². The van der Waals surface area contributed by atoms with E-state index >= 15 is 0 Å². The highest BCUT2D eigenvalue weighted by atomic mass is 16.5. The summed E-state index contributed by atoms with van der Waals surface area (Å²) in [6, 6.07) is 17.1. The minimum Gasteiger partial charge on any atom is -0.497 e. The van der Waals surface area contributed by atoms with E-state index in [9.17, 15) is 4.79 Å². The van der Waals surface area contributed by atoms with E-state index in [2.05, 4.69) is 22.7 Å². The molecule has 0 saturated heterocycles. The van der Waals surface area contributed by atoms with Gasteiger partial charge < -0.3 is 4.74 Å². The molecule has 0 aromatic heterocycles. The fraction of sp³-hybridized carbons (Fsp3) is 0.176. The maximum atomic E-state index is 11.8. The third-order valence-electron chi connectivity index (χ3n) is 3.01. The Bertz CT molecular complexity index is 592. The van der Waals surface area contributed by atoms with E-state index in [-0.39, 0.29) is 5.91 Å². The minimum atomic E-state index is -0.228. The van der Waals surface area contributed by atoms with Crippen molar-refractivity contribution in [2.24, 2.45) is 5.10 Å². The van der Waals surface area contributed by atoms with Crippen LogP contribution in [0.25, 0.3) is 0 Å². The van der Waals surface area contributed by atoms with Gasteiger partial charge >= 0.3 is 0 Å². The van der Waals surface area contributed by atoms with Crippen LogP contribution in [0.5, 0.6) is 5.75 Å². The van der Waals surface area contributed by atoms with Crippen molar-refractivity contribution in [1.82, 2.24) is 5.43 Å². The number of amides is 1. The molecule has 0 aliphatic heterocycles. The number of carbonyl (C=O) groups excluding carboxylic acids is 1. The number of aryl methyl sites for hydroxylation is 1. The standard InChI is InChI=1S/C17H18N2O2/c1-21-16-11-9-15(10-12-16)17(20)19-18-13-5-8-14-6-3-2-4-7-14/h2-4,6-7,9-13H,5,8H2,1H3,(H,19,20)/b18-13+. The molecule has 0 fully saturated rings. The van der Waals surface area contributed by atoms with E-state index in [0.717, 1.165) is 18.6 Å². The van der Waals surface area contributed by atoms with Gasteiger partial charge in [-0.2, -0.15) is 5.10 Å². The van der Waals surface area contributed by atoms with Crippen molar-refractivity contribution in [3.8, 4) is 5.75 Å². The Morgan fingerprint density at radius 2 is 1.86 bits per heavy atom. The smallest absolute Gasteiger partial charge is 0.271 e. The van der Waals surface area contributed by atoms with E-state index in [1.807, 2.05) is 18.2 Å². The van der Waals surface area contributed by atoms with E-state index < -0.39 is 0 Å². The van der Waals surface area contributed by atoms with E-state index in [1.165, 1.54) is 5.56 Å². The van der Waals surface area contributed by atoms with E-state index in [4.69, 9.17) is 4.74 Å². The zero-order valence-corrected chi connectivity index (χ0v) is 12.0. The number of hydrogen-bond acceptors (Lipinski definition) is 3. The van der Waals surface area contributed by atoms with Crippen LogP contribution in [0.1, 0.15) is 22.3 Å². The van der Waals surface area contributed by atoms with E-state index in [1.54, 1.807) is 37.6 Å². The Morgan fingerprint density at radius 1 is 1.14 bits per heavy atom. The van der Waals surface area contributed by atoms with Gasteiger partial charge in [-0.3, -0.25) is 4.79 Å². The maximum Gasteiger partial charge on any atom is 0.271 e. The van der Waals surface area contributed by atoms with Gasteiger partial charge in [0.05, 0.1) is 7.11 Å². The molecular weight excluding hydrogens is 264 g/mol. The lowest BCUT2D eigenvalue weighted by Crippen LogP contribution is -2.17. The first-order valence-corrected chi connectivity index (χ1v) is 6.79. The van der Waals surface area contributed by atoms with Gasteiger partial charge in [0.25, 0.3) is 5.91 Å². The van der Waals surface area contributed by atoms with Crippen LogP contribution in [-0.4, -0.2) is 19.2 Å². The first-order chi connectivity index (χ1) is 10.3. The SMILES string of the molecule is COc1ccc(C(=O)N/N=C/CCc2ccccc2)cc1. The number of hydrogen-bond donors (Lipinski definition) is 1. The summed E-state index contributed by atoms with van der Waals surface area (Å²) in [4.78, 5) is 11.8. The molecule has 0 unspecified atom stereocenters. The van der Waals surface area contributed by atoms with Gasteiger partial charge in [0.15, 0.2) is 0 Å². The van der Waals surface area contributed by atoms with Crippen LogP contribution < -0.4 is 10.2 Å². The molecule has 0 heterocycles. The third kappa shape index (κ3) is 4.76. The first kappa shape index (κ1) is 14.8. The van der Waals surface area contributed by atoms with Gasteiger partial charge in [-0.1, -0.05) is 30.3 Å². The van der Waals surface area contributed by atoms with Gasteiger partial charge in [-0.25, -0.2) is 5.43 Å². The number of nitrogens with one attached hydrogen (secondary N) is 1. The topological polar surface area (TPSA) is 50.7 Å². The van der Waals surface area contributed by atoms with Gasteiger partial charge in [0.1, 0.15) is 5.75 Å². The first-order valence-electron chi connectivity index (χ1n) is 6.79. The molecule has 1 N–H and O–H groups in total. The predicted molar refractivity (Wildman–Crippen MR) is 83.7 cm³/mol. The summed E-state index contributed by atoms with van der Waals surface area (Å²) in [5.74, 6) is 0.492. The molecule has 108 valence electrons. The molecule has 0 spiro atoms. The molecule has 0 atom stereocenters. The molecule has 4 heteroatoms. The molecule has 2 aromatic rings. The normalized spacial score (nSPS) is 10.5. The Hall–Kier alpha value is -2.62. The van der Waals surface area contributed by atoms with Crippen LogP contribution in [0, 0.1) is 0 Å². The average Bonchev–Trinajstić information content (AvgIpc) is 2.55. The van der Waals surface area contributed by atoms with Crippen molar-refractivity contribution in [2.75, 3.05) is 7.11 Å². The number of carbonyl (C=O) groups is 1. The second kappa shape index (κ2) is 7.85. The van der Waals surface area contributed by atoms with Gasteiger partial charge in [-0.05, 0) is 42.7 Å². The van der Waals surface area contributed by atoms with E-state index in [0.29, 0.717) is 5.56 Å². The van der Waals surface area contributed by atoms with Gasteiger partial charge in [0.2, 0.25) is 0 Å². The van der Waals surface area contributed by atoms with Crippen molar-refractivity contribution >= 4 is 12.1 Å². The summed E-state index contributed by atoms with van der Waals surface area (Å²) in [6.45, 7) is 0. The molecule has 0 bridgehead atoms. The molecule has 1 amide bonds. The van der Waals surface area contributed by atoms with Crippen LogP contribution in [0.2, 0.25) is 0 Å². The molecule has 0 aliphatic carbocycles. The van der Waals surface area contributed by atoms with Gasteiger partial charge in [-0.15, -0.1) is 0 Å². The fourth-order valence-corrected chi connectivity index (χ4v) is 1.85. The van der Waals surface area contributed by atoms with Crippen LogP contribution >= 0.6 is 0 Å². The lowest BCUT2D eigenvalue weighted by atomic mass is 10.1. The van der Waals surface area contributed by atoms with Crippen molar-refractivity contribution in [3.63, 3.8) is 0 Å². The summed E-state index contributed by atoms with van der Waals surface area (Å²) in [7, 11) is 1.59. The highest BCUT2D eigenvalue weighted by Gasteiger charge is 2.03. The lowest BCUT2D eigenvalue weighted by molar-refractivity contribution is 0.0955. The zero-order valence-electron chi connectivity index (χ0n) is 12.0. The van der Waals surface area contributed by atoms with Crippen LogP contribution in [0.4, 0.5) is 0 Å². The number of rotatable bonds is 6. The molecular formula is C17H18N2O2. The Balaban J connectivity index is 1.76. The summed E-state index contributed by atoms with van der Waals surface area (Å²) in [5.41, 5.74) is 4.32. The number of methoxy groups -OCH3 is 1. The second-order valence-electron chi connectivity index (χ2n) is 4.51. The van der Waals surface area contributed by atoms with Gasteiger partial charge in [0, 0.05) is 11.8 Å². The number of benzene rings is 2. The Morgan fingerprint density at radius 3 is 2.52 bits per heavy atom. The number of ether oxygens (including phenoxy) is 1. The highest BCUT2D eigenvalue weighted by molar-refractivity contribution is 5.94. The summed E-state index contributed by atoms with van der Waals surface area (Å²) >= 11 is 0. The number of nitrogens with zero attached hydrogens (tertiary/aromatic N) is 1. The maximum absolute atomic E-state index is 11.8. The molecule has 2 rings (SSSR count). The van der Waals surface area contributed by atoms with Crippen LogP contribution in [0.15, 0.2) is 59.7 Å². The van der Waals surface area contributed by atoms with Crippen molar-refractivity contribution in [1.29, 1.82) is 0 Å². The molecule has 21 heavy (non-hydrogen) atoms. The highest BCUT2D eigenvalue weighted by Crippen LogP contribution is 2.10. The summed E-state index contributed by atoms with van der Waals surface area (Å²) in [6.07, 6.45) is 3.41. The molecule has 2 aromatic carbocycles. The lowest BCUT2D eigenvalue weighted by Gasteiger charge is -2.02. The Kier molecular flexibility index (Phi) is 5.52. The van der Waals surface area contributed by atoms with Crippen molar-refractivity contribution < 1.29 is 9.53 Å². The molecule has 4 nitrogen and oxygen atoms in total. The zero-order chi connectivity index (χ0) is 14.9. The molecule has 0 saturated carbocycles. The molecule has 0 aliphatic rings. The third-order valence-corrected chi connectivity index (χ3v) is 3.01. The summed E-state index contributed by atoms with van der Waals surface area (Å²) < 4.78 is 5.04. The predicted octanol–water partition coefficient (Wildman–Crippen LogP) is 3.04. The average molecular weight is 282 g/mol. The number of hydrazone groups is 1. The van der Waals surface area contributed by atoms with Crippen molar-refractivity contribution in [2.45, 2.75) is 12.8 Å². The van der Waals surface area contributed by atoms with Crippen molar-refractivity contribution in [3.05, 3.63) is 65.7 Å². The summed E-state index contributed by atoms with van der Waals surface area (Å²) in [5, 5.41) is 3.95. The largest absolute Gasteiger partial charge is 0.497 e. The quantitative estimate of drug-likeness (QED) is 0.654. The second-order valence-corrected chi connectivity index (χ2v) is 4.51.